The molecular weight excluding hydrogens is 226 g/mol. The van der Waals surface area contributed by atoms with E-state index in [-0.39, 0.29) is 4.90 Å². The Balaban J connectivity index is 3.48. The van der Waals surface area contributed by atoms with Gasteiger partial charge in [0.15, 0.2) is 0 Å². The van der Waals surface area contributed by atoms with Crippen LogP contribution in [0.1, 0.15) is 11.3 Å². The zero-order chi connectivity index (χ0) is 10.9. The molecule has 14 heavy (non-hydrogen) atoms. The number of pyridine rings is 1. The predicted octanol–water partition coefficient (Wildman–Crippen LogP) is 1.63. The molecule has 0 aromatic carbocycles. The van der Waals surface area contributed by atoms with E-state index in [1.54, 1.807) is 13.8 Å². The molecule has 1 aromatic rings. The van der Waals surface area contributed by atoms with E-state index < -0.39 is 9.05 Å². The average molecular weight is 236 g/mol. The molecule has 0 amide bonds. The van der Waals surface area contributed by atoms with Gasteiger partial charge in [-0.25, -0.2) is 13.4 Å². The molecule has 1 aromatic heterocycles. The highest BCUT2D eigenvalue weighted by molar-refractivity contribution is 8.13. The maximum absolute atomic E-state index is 11.2. The molecule has 0 fully saturated rings. The number of aryl methyl sites for hydroxylation is 2. The summed E-state index contributed by atoms with van der Waals surface area (Å²) < 4.78 is 27.2. The van der Waals surface area contributed by atoms with E-state index in [9.17, 15) is 8.42 Å². The molecule has 78 valence electrons. The highest BCUT2D eigenvalue weighted by atomic mass is 35.7. The van der Waals surface area contributed by atoms with Crippen LogP contribution in [-0.4, -0.2) is 20.5 Å². The van der Waals surface area contributed by atoms with Crippen molar-refractivity contribution in [3.8, 4) is 5.88 Å². The lowest BCUT2D eigenvalue weighted by Gasteiger charge is -2.07. The normalized spacial score (nSPS) is 11.4. The van der Waals surface area contributed by atoms with Gasteiger partial charge in [0, 0.05) is 16.7 Å². The summed E-state index contributed by atoms with van der Waals surface area (Å²) in [6.07, 6.45) is 0. The fourth-order valence-electron chi connectivity index (χ4n) is 1.26. The van der Waals surface area contributed by atoms with E-state index in [0.29, 0.717) is 17.1 Å². The second-order valence-corrected chi connectivity index (χ2v) is 5.34. The third kappa shape index (κ3) is 2.16. The van der Waals surface area contributed by atoms with E-state index in [4.69, 9.17) is 15.4 Å². The Kier molecular flexibility index (Phi) is 3.01. The van der Waals surface area contributed by atoms with Gasteiger partial charge in [-0.3, -0.25) is 0 Å². The summed E-state index contributed by atoms with van der Waals surface area (Å²) in [6.45, 7) is 3.22. The van der Waals surface area contributed by atoms with Crippen LogP contribution >= 0.6 is 10.7 Å². The Morgan fingerprint density at radius 1 is 1.43 bits per heavy atom. The van der Waals surface area contributed by atoms with Crippen molar-refractivity contribution in [2.45, 2.75) is 18.7 Å². The first-order valence-electron chi connectivity index (χ1n) is 3.83. The van der Waals surface area contributed by atoms with Crippen molar-refractivity contribution in [3.05, 3.63) is 17.3 Å². The average Bonchev–Trinajstić information content (AvgIpc) is 1.99. The van der Waals surface area contributed by atoms with Crippen molar-refractivity contribution < 1.29 is 13.2 Å². The molecule has 6 heteroatoms. The monoisotopic (exact) mass is 235 g/mol. The standard InChI is InChI=1S/C8H10ClNO3S/c1-5-4-7(13-3)10-6(2)8(5)14(9,11)12/h4H,1-3H3. The molecule has 0 bridgehead atoms. The summed E-state index contributed by atoms with van der Waals surface area (Å²) in [5.41, 5.74) is 0.876. The van der Waals surface area contributed by atoms with E-state index in [2.05, 4.69) is 4.98 Å². The van der Waals surface area contributed by atoms with Gasteiger partial charge in [0.1, 0.15) is 4.90 Å². The highest BCUT2D eigenvalue weighted by Crippen LogP contribution is 2.25. The number of halogens is 1. The van der Waals surface area contributed by atoms with Crippen LogP contribution in [-0.2, 0) is 9.05 Å². The molecule has 4 nitrogen and oxygen atoms in total. The summed E-state index contributed by atoms with van der Waals surface area (Å²) in [4.78, 5) is 3.99. The summed E-state index contributed by atoms with van der Waals surface area (Å²) >= 11 is 0. The van der Waals surface area contributed by atoms with Gasteiger partial charge in [0.2, 0.25) is 5.88 Å². The molecule has 0 atom stereocenters. The summed E-state index contributed by atoms with van der Waals surface area (Å²) in [6, 6.07) is 1.53. The number of aromatic nitrogens is 1. The van der Waals surface area contributed by atoms with Crippen molar-refractivity contribution in [1.29, 1.82) is 0 Å². The maximum atomic E-state index is 11.2. The molecular formula is C8H10ClNO3S. The lowest BCUT2D eigenvalue weighted by Crippen LogP contribution is -2.02. The van der Waals surface area contributed by atoms with Gasteiger partial charge in [-0.2, -0.15) is 0 Å². The van der Waals surface area contributed by atoms with Crippen LogP contribution < -0.4 is 4.74 Å². The minimum absolute atomic E-state index is 0.0555. The third-order valence-corrected chi connectivity index (χ3v) is 3.33. The first kappa shape index (κ1) is 11.3. The van der Waals surface area contributed by atoms with Gasteiger partial charge in [-0.1, -0.05) is 0 Å². The fraction of sp³-hybridized carbons (Fsp3) is 0.375. The van der Waals surface area contributed by atoms with Crippen LogP contribution in [0.2, 0.25) is 0 Å². The fourth-order valence-corrected chi connectivity index (χ4v) is 2.80. The van der Waals surface area contributed by atoms with Crippen molar-refractivity contribution >= 4 is 19.7 Å². The topological polar surface area (TPSA) is 56.3 Å². The van der Waals surface area contributed by atoms with Crippen LogP contribution in [0.3, 0.4) is 0 Å². The Bertz CT molecular complexity index is 433. The predicted molar refractivity (Wildman–Crippen MR) is 53.3 cm³/mol. The van der Waals surface area contributed by atoms with Crippen LogP contribution in [0.5, 0.6) is 5.88 Å². The summed E-state index contributed by atoms with van der Waals surface area (Å²) in [5, 5.41) is 0. The van der Waals surface area contributed by atoms with Crippen LogP contribution in [0.25, 0.3) is 0 Å². The zero-order valence-corrected chi connectivity index (χ0v) is 9.61. The van der Waals surface area contributed by atoms with Crippen molar-refractivity contribution in [2.24, 2.45) is 0 Å². The highest BCUT2D eigenvalue weighted by Gasteiger charge is 2.18. The van der Waals surface area contributed by atoms with E-state index in [1.807, 2.05) is 0 Å². The molecule has 0 aliphatic carbocycles. The molecule has 0 aliphatic rings. The molecule has 0 aliphatic heterocycles. The van der Waals surface area contributed by atoms with Crippen molar-refractivity contribution in [2.75, 3.05) is 7.11 Å². The lowest BCUT2D eigenvalue weighted by molar-refractivity contribution is 0.395. The first-order valence-corrected chi connectivity index (χ1v) is 6.14. The van der Waals surface area contributed by atoms with E-state index in [0.717, 1.165) is 0 Å². The molecule has 0 unspecified atom stereocenters. The van der Waals surface area contributed by atoms with Crippen LogP contribution in [0.15, 0.2) is 11.0 Å². The SMILES string of the molecule is COc1cc(C)c(S(=O)(=O)Cl)c(C)n1. The Morgan fingerprint density at radius 2 is 2.00 bits per heavy atom. The summed E-state index contributed by atoms with van der Waals surface area (Å²) in [5.74, 6) is 0.379. The molecule has 0 saturated heterocycles. The number of nitrogens with zero attached hydrogens (tertiary/aromatic N) is 1. The quantitative estimate of drug-likeness (QED) is 0.732. The van der Waals surface area contributed by atoms with Gasteiger partial charge in [0.05, 0.1) is 12.8 Å². The van der Waals surface area contributed by atoms with Gasteiger partial charge in [-0.15, -0.1) is 0 Å². The first-order chi connectivity index (χ1) is 6.36. The largest absolute Gasteiger partial charge is 0.481 e. The number of ether oxygens (including phenoxy) is 1. The molecule has 0 spiro atoms. The Hall–Kier alpha value is -0.810. The lowest BCUT2D eigenvalue weighted by atomic mass is 10.2. The minimum Gasteiger partial charge on any atom is -0.481 e. The Labute approximate surface area is 87.3 Å². The Morgan fingerprint density at radius 3 is 2.36 bits per heavy atom. The summed E-state index contributed by atoms with van der Waals surface area (Å²) in [7, 11) is 2.99. The van der Waals surface area contributed by atoms with Crippen LogP contribution in [0.4, 0.5) is 0 Å². The molecule has 1 heterocycles. The molecule has 0 radical (unpaired) electrons. The van der Waals surface area contributed by atoms with Gasteiger partial charge >= 0.3 is 0 Å². The number of hydrogen-bond acceptors (Lipinski definition) is 4. The zero-order valence-electron chi connectivity index (χ0n) is 8.04. The molecule has 1 rings (SSSR count). The molecule has 0 N–H and O–H groups in total. The second-order valence-electron chi connectivity index (χ2n) is 2.83. The minimum atomic E-state index is -3.73. The second kappa shape index (κ2) is 3.74. The number of methoxy groups -OCH3 is 1. The van der Waals surface area contributed by atoms with E-state index >= 15 is 0 Å². The third-order valence-electron chi connectivity index (χ3n) is 1.76. The van der Waals surface area contributed by atoms with Gasteiger partial charge < -0.3 is 4.74 Å². The smallest absolute Gasteiger partial charge is 0.263 e. The maximum Gasteiger partial charge on any atom is 0.263 e. The van der Waals surface area contributed by atoms with Crippen LogP contribution in [0, 0.1) is 13.8 Å². The molecule has 0 saturated carbocycles. The van der Waals surface area contributed by atoms with Gasteiger partial charge in [0.25, 0.3) is 9.05 Å². The van der Waals surface area contributed by atoms with Crippen molar-refractivity contribution in [1.82, 2.24) is 4.98 Å². The number of hydrogen-bond donors (Lipinski definition) is 0. The number of rotatable bonds is 2. The van der Waals surface area contributed by atoms with Crippen molar-refractivity contribution in [3.63, 3.8) is 0 Å². The van der Waals surface area contributed by atoms with Gasteiger partial charge in [-0.05, 0) is 19.4 Å². The van der Waals surface area contributed by atoms with E-state index in [1.165, 1.54) is 13.2 Å².